The molecule has 1 rings (SSSR count). The van der Waals surface area contributed by atoms with Crippen molar-refractivity contribution in [2.75, 3.05) is 0 Å². The molecule has 24 heavy (non-hydrogen) atoms. The smallest absolute Gasteiger partial charge is 0.129 e. The van der Waals surface area contributed by atoms with Crippen molar-refractivity contribution in [2.45, 2.75) is 60.3 Å². The molecule has 0 aliphatic heterocycles. The van der Waals surface area contributed by atoms with Gasteiger partial charge in [-0.2, -0.15) is 0 Å². The third-order valence-electron chi connectivity index (χ3n) is 3.92. The largest absolute Gasteiger partial charge is 0.507 e. The van der Waals surface area contributed by atoms with Crippen LogP contribution < -0.4 is 0 Å². The Morgan fingerprint density at radius 3 is 1.79 bits per heavy atom. The van der Waals surface area contributed by atoms with Crippen molar-refractivity contribution < 1.29 is 15.3 Å². The Morgan fingerprint density at radius 1 is 0.792 bits per heavy atom. The molecule has 1 aromatic carbocycles. The fourth-order valence-corrected chi connectivity index (χ4v) is 2.40. The van der Waals surface area contributed by atoms with Crippen LogP contribution in [0.25, 0.3) is 0 Å². The Balaban J connectivity index is 2.97. The average molecular weight is 330 g/mol. The second-order valence-corrected chi connectivity index (χ2v) is 6.78. The molecule has 3 heteroatoms. The molecule has 0 heterocycles. The monoisotopic (exact) mass is 330 g/mol. The van der Waals surface area contributed by atoms with E-state index in [4.69, 9.17) is 0 Å². The molecule has 0 aromatic heterocycles. The van der Waals surface area contributed by atoms with Gasteiger partial charge in [0.15, 0.2) is 0 Å². The van der Waals surface area contributed by atoms with Gasteiger partial charge in [0.25, 0.3) is 0 Å². The van der Waals surface area contributed by atoms with Crippen LogP contribution in [0, 0.1) is 0 Å². The van der Waals surface area contributed by atoms with Gasteiger partial charge in [0.05, 0.1) is 0 Å². The second kappa shape index (κ2) is 9.21. The summed E-state index contributed by atoms with van der Waals surface area (Å²) in [5.74, 6) is -0.159. The number of benzene rings is 1. The van der Waals surface area contributed by atoms with Gasteiger partial charge < -0.3 is 15.3 Å². The molecule has 0 atom stereocenters. The molecular weight excluding hydrogens is 300 g/mol. The van der Waals surface area contributed by atoms with Gasteiger partial charge in [0.1, 0.15) is 17.2 Å². The summed E-state index contributed by atoms with van der Waals surface area (Å²) >= 11 is 0. The summed E-state index contributed by atoms with van der Waals surface area (Å²) in [7, 11) is 0. The molecular formula is C21H30O3. The molecule has 0 saturated heterocycles. The summed E-state index contributed by atoms with van der Waals surface area (Å²) in [6.45, 7) is 10.2. The fraction of sp³-hybridized carbons (Fsp3) is 0.429. The SMILES string of the molecule is CC(C)=CCCC(C)=CCc1c(O)cc(O)c(CC=C(C)C)c1O. The first-order chi connectivity index (χ1) is 11.2. The molecule has 0 radical (unpaired) electrons. The van der Waals surface area contributed by atoms with Crippen LogP contribution in [0.3, 0.4) is 0 Å². The average Bonchev–Trinajstić information content (AvgIpc) is 2.45. The number of rotatable bonds is 7. The summed E-state index contributed by atoms with van der Waals surface area (Å²) in [5, 5.41) is 30.5. The molecule has 0 amide bonds. The summed E-state index contributed by atoms with van der Waals surface area (Å²) in [5.41, 5.74) is 4.55. The maximum Gasteiger partial charge on any atom is 0.129 e. The predicted octanol–water partition coefficient (Wildman–Crippen LogP) is 5.55. The molecule has 0 fully saturated rings. The second-order valence-electron chi connectivity index (χ2n) is 6.78. The van der Waals surface area contributed by atoms with Crippen molar-refractivity contribution in [3.05, 3.63) is 52.1 Å². The van der Waals surface area contributed by atoms with Gasteiger partial charge in [0, 0.05) is 17.2 Å². The zero-order chi connectivity index (χ0) is 18.3. The first-order valence-corrected chi connectivity index (χ1v) is 8.40. The maximum atomic E-state index is 10.4. The fourth-order valence-electron chi connectivity index (χ4n) is 2.40. The van der Waals surface area contributed by atoms with Crippen molar-refractivity contribution in [3.63, 3.8) is 0 Å². The zero-order valence-electron chi connectivity index (χ0n) is 15.5. The van der Waals surface area contributed by atoms with Crippen LogP contribution in [0.5, 0.6) is 17.2 Å². The number of aromatic hydroxyl groups is 3. The lowest BCUT2D eigenvalue weighted by Crippen LogP contribution is -1.93. The Hall–Kier alpha value is -2.16. The predicted molar refractivity (Wildman–Crippen MR) is 101 cm³/mol. The van der Waals surface area contributed by atoms with Gasteiger partial charge in [-0.05, 0) is 60.3 Å². The summed E-state index contributed by atoms with van der Waals surface area (Å²) in [6.07, 6.45) is 8.99. The van der Waals surface area contributed by atoms with Gasteiger partial charge in [-0.3, -0.25) is 0 Å². The van der Waals surface area contributed by atoms with Crippen LogP contribution in [0.2, 0.25) is 0 Å². The lowest BCUT2D eigenvalue weighted by molar-refractivity contribution is 0.414. The Bertz CT molecular complexity index is 656. The van der Waals surface area contributed by atoms with Crippen molar-refractivity contribution in [1.82, 2.24) is 0 Å². The van der Waals surface area contributed by atoms with E-state index in [1.54, 1.807) is 0 Å². The summed E-state index contributed by atoms with van der Waals surface area (Å²) in [6, 6.07) is 1.32. The summed E-state index contributed by atoms with van der Waals surface area (Å²) < 4.78 is 0. The van der Waals surface area contributed by atoms with E-state index in [0.717, 1.165) is 18.4 Å². The molecule has 0 aliphatic rings. The highest BCUT2D eigenvalue weighted by molar-refractivity contribution is 5.56. The van der Waals surface area contributed by atoms with E-state index in [2.05, 4.69) is 26.8 Å². The van der Waals surface area contributed by atoms with E-state index in [1.807, 2.05) is 26.0 Å². The van der Waals surface area contributed by atoms with Gasteiger partial charge in [-0.15, -0.1) is 0 Å². The highest BCUT2D eigenvalue weighted by atomic mass is 16.3. The third-order valence-corrected chi connectivity index (χ3v) is 3.92. The highest BCUT2D eigenvalue weighted by Gasteiger charge is 2.15. The Morgan fingerprint density at radius 2 is 1.29 bits per heavy atom. The standard InChI is InChI=1S/C21H30O3/c1-14(2)7-6-8-16(5)10-12-18-20(23)13-19(22)17(21(18)24)11-9-15(3)4/h7,9-10,13,22-24H,6,8,11-12H2,1-5H3. The van der Waals surface area contributed by atoms with Crippen LogP contribution >= 0.6 is 0 Å². The molecule has 0 bridgehead atoms. The van der Waals surface area contributed by atoms with Crippen LogP contribution in [0.15, 0.2) is 41.0 Å². The molecule has 1 aromatic rings. The lowest BCUT2D eigenvalue weighted by atomic mass is 9.99. The van der Waals surface area contributed by atoms with Gasteiger partial charge in [0.2, 0.25) is 0 Å². The molecule has 0 unspecified atom stereocenters. The van der Waals surface area contributed by atoms with E-state index in [0.29, 0.717) is 24.0 Å². The van der Waals surface area contributed by atoms with Gasteiger partial charge >= 0.3 is 0 Å². The van der Waals surface area contributed by atoms with Crippen molar-refractivity contribution in [2.24, 2.45) is 0 Å². The number of hydrogen-bond donors (Lipinski definition) is 3. The van der Waals surface area contributed by atoms with E-state index in [9.17, 15) is 15.3 Å². The van der Waals surface area contributed by atoms with Crippen LogP contribution in [-0.4, -0.2) is 15.3 Å². The van der Waals surface area contributed by atoms with Gasteiger partial charge in [-0.25, -0.2) is 0 Å². The minimum atomic E-state index is -0.0736. The quantitative estimate of drug-likeness (QED) is 0.575. The molecule has 3 nitrogen and oxygen atoms in total. The first kappa shape index (κ1) is 19.9. The zero-order valence-corrected chi connectivity index (χ0v) is 15.5. The van der Waals surface area contributed by atoms with Crippen LogP contribution in [0.1, 0.15) is 58.6 Å². The maximum absolute atomic E-state index is 10.4. The highest BCUT2D eigenvalue weighted by Crippen LogP contribution is 2.38. The van der Waals surface area contributed by atoms with Crippen molar-refractivity contribution in [3.8, 4) is 17.2 Å². The van der Waals surface area contributed by atoms with Crippen molar-refractivity contribution in [1.29, 1.82) is 0 Å². The molecule has 3 N–H and O–H groups in total. The van der Waals surface area contributed by atoms with E-state index < -0.39 is 0 Å². The number of allylic oxidation sites excluding steroid dienone is 6. The lowest BCUT2D eigenvalue weighted by Gasteiger charge is -2.12. The minimum absolute atomic E-state index is 0.0154. The van der Waals surface area contributed by atoms with Crippen LogP contribution in [0.4, 0.5) is 0 Å². The number of hydrogen-bond acceptors (Lipinski definition) is 3. The van der Waals surface area contributed by atoms with Crippen LogP contribution in [-0.2, 0) is 12.8 Å². The number of phenols is 3. The first-order valence-electron chi connectivity index (χ1n) is 8.40. The van der Waals surface area contributed by atoms with Gasteiger partial charge in [-0.1, -0.05) is 34.9 Å². The minimum Gasteiger partial charge on any atom is -0.507 e. The molecule has 132 valence electrons. The van der Waals surface area contributed by atoms with E-state index in [1.165, 1.54) is 17.2 Å². The van der Waals surface area contributed by atoms with Crippen molar-refractivity contribution >= 4 is 0 Å². The Kier molecular flexibility index (Phi) is 7.63. The van der Waals surface area contributed by atoms with E-state index in [-0.39, 0.29) is 17.2 Å². The molecule has 0 aliphatic carbocycles. The normalized spacial score (nSPS) is 11.3. The topological polar surface area (TPSA) is 60.7 Å². The third kappa shape index (κ3) is 6.15. The van der Waals surface area contributed by atoms with E-state index >= 15 is 0 Å². The molecule has 0 saturated carbocycles. The Labute approximate surface area is 145 Å². The number of phenolic OH excluding ortho intramolecular Hbond substituents is 3. The summed E-state index contributed by atoms with van der Waals surface area (Å²) in [4.78, 5) is 0. The molecule has 0 spiro atoms.